The maximum absolute atomic E-state index is 13.2. The minimum absolute atomic E-state index is 0.130. The fraction of sp³-hybridized carbons (Fsp3) is 0.458. The van der Waals surface area contributed by atoms with Gasteiger partial charge in [-0.15, -0.1) is 0 Å². The van der Waals surface area contributed by atoms with Gasteiger partial charge in [0.2, 0.25) is 0 Å². The lowest BCUT2D eigenvalue weighted by Crippen LogP contribution is -2.42. The van der Waals surface area contributed by atoms with Crippen molar-refractivity contribution in [3.63, 3.8) is 0 Å². The number of hydrogen-bond donors (Lipinski definition) is 0. The monoisotopic (exact) mass is 363 g/mol. The van der Waals surface area contributed by atoms with Crippen molar-refractivity contribution < 1.29 is 9.53 Å². The molecule has 1 aliphatic carbocycles. The van der Waals surface area contributed by atoms with Crippen molar-refractivity contribution in [3.05, 3.63) is 71.8 Å². The van der Waals surface area contributed by atoms with Crippen LogP contribution in [0.25, 0.3) is 0 Å². The van der Waals surface area contributed by atoms with Crippen molar-refractivity contribution in [1.82, 2.24) is 4.90 Å². The van der Waals surface area contributed by atoms with Crippen LogP contribution in [0.1, 0.15) is 50.2 Å². The van der Waals surface area contributed by atoms with Crippen LogP contribution in [0, 0.1) is 0 Å². The predicted octanol–water partition coefficient (Wildman–Crippen LogP) is 4.75. The molecule has 2 fully saturated rings. The second-order valence-electron chi connectivity index (χ2n) is 8.08. The van der Waals surface area contributed by atoms with E-state index in [1.807, 2.05) is 19.1 Å². The number of epoxide rings is 1. The van der Waals surface area contributed by atoms with Crippen molar-refractivity contribution in [1.29, 1.82) is 0 Å². The van der Waals surface area contributed by atoms with Crippen LogP contribution in [0.4, 0.5) is 0 Å². The average Bonchev–Trinajstić information content (AvgIpc) is 3.41. The van der Waals surface area contributed by atoms with E-state index in [1.54, 1.807) is 0 Å². The number of hydrogen-bond acceptors (Lipinski definition) is 3. The lowest BCUT2D eigenvalue weighted by molar-refractivity contribution is -0.125. The van der Waals surface area contributed by atoms with Crippen LogP contribution >= 0.6 is 0 Å². The SMILES string of the molecule is C[C@@H](C(=O)[C@H]1OC12CCCCC2)N(Cc1ccccc1)Cc1ccccc1. The molecule has 4 rings (SSSR count). The molecule has 142 valence electrons. The summed E-state index contributed by atoms with van der Waals surface area (Å²) >= 11 is 0. The molecule has 2 atom stereocenters. The molecule has 3 nitrogen and oxygen atoms in total. The van der Waals surface area contributed by atoms with Crippen LogP contribution in [-0.4, -0.2) is 28.4 Å². The topological polar surface area (TPSA) is 32.8 Å². The molecule has 1 saturated heterocycles. The first-order valence-electron chi connectivity index (χ1n) is 10.2. The molecule has 2 aliphatic rings. The maximum atomic E-state index is 13.2. The van der Waals surface area contributed by atoms with Gasteiger partial charge in [0.25, 0.3) is 0 Å². The minimum atomic E-state index is -0.193. The van der Waals surface area contributed by atoms with Gasteiger partial charge in [-0.2, -0.15) is 0 Å². The summed E-state index contributed by atoms with van der Waals surface area (Å²) in [6.07, 6.45) is 5.56. The summed E-state index contributed by atoms with van der Waals surface area (Å²) in [7, 11) is 0. The van der Waals surface area contributed by atoms with Crippen LogP contribution < -0.4 is 0 Å². The summed E-state index contributed by atoms with van der Waals surface area (Å²) in [6.45, 7) is 3.58. The Kier molecular flexibility index (Phi) is 5.42. The van der Waals surface area contributed by atoms with Crippen LogP contribution in [0.5, 0.6) is 0 Å². The molecule has 0 unspecified atom stereocenters. The third-order valence-electron chi connectivity index (χ3n) is 6.15. The number of carbonyl (C=O) groups excluding carboxylic acids is 1. The maximum Gasteiger partial charge on any atom is 0.181 e. The zero-order valence-corrected chi connectivity index (χ0v) is 16.1. The van der Waals surface area contributed by atoms with Gasteiger partial charge in [0, 0.05) is 13.1 Å². The molecule has 1 spiro atoms. The third-order valence-corrected chi connectivity index (χ3v) is 6.15. The predicted molar refractivity (Wildman–Crippen MR) is 107 cm³/mol. The molecule has 1 heterocycles. The summed E-state index contributed by atoms with van der Waals surface area (Å²) in [5, 5.41) is 0. The first-order valence-corrected chi connectivity index (χ1v) is 10.2. The van der Waals surface area contributed by atoms with Crippen LogP contribution in [-0.2, 0) is 22.6 Å². The van der Waals surface area contributed by atoms with E-state index in [9.17, 15) is 4.79 Å². The van der Waals surface area contributed by atoms with E-state index in [2.05, 4.69) is 53.4 Å². The molecule has 0 aromatic heterocycles. The molecule has 1 aliphatic heterocycles. The molecule has 1 saturated carbocycles. The van der Waals surface area contributed by atoms with E-state index in [-0.39, 0.29) is 23.5 Å². The van der Waals surface area contributed by atoms with Crippen molar-refractivity contribution in [2.24, 2.45) is 0 Å². The van der Waals surface area contributed by atoms with Gasteiger partial charge in [-0.05, 0) is 30.9 Å². The summed E-state index contributed by atoms with van der Waals surface area (Å²) < 4.78 is 6.00. The van der Waals surface area contributed by atoms with Gasteiger partial charge in [-0.3, -0.25) is 9.69 Å². The summed E-state index contributed by atoms with van der Waals surface area (Å²) in [4.78, 5) is 15.5. The first kappa shape index (κ1) is 18.4. The third kappa shape index (κ3) is 4.15. The molecule has 0 amide bonds. The lowest BCUT2D eigenvalue weighted by atomic mass is 9.84. The highest BCUT2D eigenvalue weighted by Gasteiger charge is 2.60. The Hall–Kier alpha value is -1.97. The number of nitrogens with zero attached hydrogens (tertiary/aromatic N) is 1. The molecule has 0 radical (unpaired) electrons. The summed E-state index contributed by atoms with van der Waals surface area (Å²) in [5.74, 6) is 0.253. The highest BCUT2D eigenvalue weighted by atomic mass is 16.6. The number of rotatable bonds is 7. The average molecular weight is 364 g/mol. The molecule has 2 aromatic rings. The number of ether oxygens (including phenoxy) is 1. The molecular formula is C24H29NO2. The Morgan fingerprint density at radius 3 is 2.00 bits per heavy atom. The van der Waals surface area contributed by atoms with E-state index in [0.29, 0.717) is 0 Å². The van der Waals surface area contributed by atoms with Crippen molar-refractivity contribution >= 4 is 5.78 Å². The van der Waals surface area contributed by atoms with Crippen LogP contribution in [0.3, 0.4) is 0 Å². The molecule has 0 bridgehead atoms. The Balaban J connectivity index is 1.49. The van der Waals surface area contributed by atoms with E-state index in [1.165, 1.54) is 30.4 Å². The summed E-state index contributed by atoms with van der Waals surface area (Å²) in [5.41, 5.74) is 2.34. The van der Waals surface area contributed by atoms with Gasteiger partial charge in [0.1, 0.15) is 11.7 Å². The molecular weight excluding hydrogens is 334 g/mol. The number of benzene rings is 2. The number of ketones is 1. The van der Waals surface area contributed by atoms with E-state index < -0.39 is 0 Å². The van der Waals surface area contributed by atoms with E-state index in [0.717, 1.165) is 25.9 Å². The number of carbonyl (C=O) groups is 1. The first-order chi connectivity index (χ1) is 13.2. The van der Waals surface area contributed by atoms with Crippen molar-refractivity contribution in [3.8, 4) is 0 Å². The summed E-state index contributed by atoms with van der Waals surface area (Å²) in [6, 6.07) is 20.7. The second kappa shape index (κ2) is 7.95. The fourth-order valence-electron chi connectivity index (χ4n) is 4.41. The quantitative estimate of drug-likeness (QED) is 0.666. The normalized spacial score (nSPS) is 21.9. The Morgan fingerprint density at radius 2 is 1.48 bits per heavy atom. The van der Waals surface area contributed by atoms with Gasteiger partial charge in [0.05, 0.1) is 6.04 Å². The van der Waals surface area contributed by atoms with Gasteiger partial charge in [0.15, 0.2) is 5.78 Å². The minimum Gasteiger partial charge on any atom is -0.358 e. The van der Waals surface area contributed by atoms with Crippen molar-refractivity contribution in [2.45, 2.75) is 69.9 Å². The largest absolute Gasteiger partial charge is 0.358 e. The van der Waals surface area contributed by atoms with Crippen molar-refractivity contribution in [2.75, 3.05) is 0 Å². The van der Waals surface area contributed by atoms with E-state index >= 15 is 0 Å². The Labute approximate surface area is 162 Å². The molecule has 0 N–H and O–H groups in total. The fourth-order valence-corrected chi connectivity index (χ4v) is 4.41. The zero-order chi connectivity index (χ0) is 18.7. The molecule has 3 heteroatoms. The highest BCUT2D eigenvalue weighted by molar-refractivity contribution is 5.91. The molecule has 2 aromatic carbocycles. The van der Waals surface area contributed by atoms with E-state index in [4.69, 9.17) is 4.74 Å². The van der Waals surface area contributed by atoms with Gasteiger partial charge in [-0.25, -0.2) is 0 Å². The highest BCUT2D eigenvalue weighted by Crippen LogP contribution is 2.49. The van der Waals surface area contributed by atoms with Gasteiger partial charge < -0.3 is 4.74 Å². The zero-order valence-electron chi connectivity index (χ0n) is 16.1. The van der Waals surface area contributed by atoms with Gasteiger partial charge in [-0.1, -0.05) is 79.9 Å². The van der Waals surface area contributed by atoms with Gasteiger partial charge >= 0.3 is 0 Å². The van der Waals surface area contributed by atoms with Crippen LogP contribution in [0.2, 0.25) is 0 Å². The number of Topliss-reactive ketones (excluding diaryl/α,β-unsaturated/α-hetero) is 1. The standard InChI is InChI=1S/C24H29NO2/c1-19(22(26)23-24(27-23)15-9-4-10-16-24)25(17-20-11-5-2-6-12-20)18-21-13-7-3-8-14-21/h2-3,5-8,11-14,19,23H,4,9-10,15-18H2,1H3/t19-,23+/m0/s1. The second-order valence-corrected chi connectivity index (χ2v) is 8.08. The Morgan fingerprint density at radius 1 is 0.963 bits per heavy atom. The lowest BCUT2D eigenvalue weighted by Gasteiger charge is -2.29. The Bertz CT molecular complexity index is 711. The van der Waals surface area contributed by atoms with Crippen LogP contribution in [0.15, 0.2) is 60.7 Å². The molecule has 27 heavy (non-hydrogen) atoms. The smallest absolute Gasteiger partial charge is 0.181 e.